The van der Waals surface area contributed by atoms with Crippen molar-refractivity contribution < 1.29 is 17.5 Å². The van der Waals surface area contributed by atoms with Gasteiger partial charge in [0.05, 0.1) is 22.9 Å². The number of rotatable bonds is 4. The van der Waals surface area contributed by atoms with E-state index in [2.05, 4.69) is 4.98 Å². The summed E-state index contributed by atoms with van der Waals surface area (Å²) in [5.74, 6) is -0.325. The summed E-state index contributed by atoms with van der Waals surface area (Å²) in [6, 6.07) is 1.74. The molecule has 0 amide bonds. The molecule has 0 aliphatic carbocycles. The smallest absolute Gasteiger partial charge is 0.286 e. The minimum atomic E-state index is -4.08. The predicted octanol–water partition coefficient (Wildman–Crippen LogP) is -0.696. The van der Waals surface area contributed by atoms with E-state index in [4.69, 9.17) is 0 Å². The monoisotopic (exact) mass is 202 g/mol. The van der Waals surface area contributed by atoms with Gasteiger partial charge in [-0.25, -0.2) is 13.0 Å². The van der Waals surface area contributed by atoms with Crippen molar-refractivity contribution in [1.29, 1.82) is 0 Å². The van der Waals surface area contributed by atoms with Gasteiger partial charge in [0.2, 0.25) is 0 Å². The van der Waals surface area contributed by atoms with E-state index >= 15 is 0 Å². The van der Waals surface area contributed by atoms with Gasteiger partial charge >= 0.3 is 0 Å². The molecule has 0 saturated heterocycles. The van der Waals surface area contributed by atoms with Gasteiger partial charge in [0, 0.05) is 11.8 Å². The van der Waals surface area contributed by atoms with Crippen LogP contribution in [0.15, 0.2) is 24.8 Å². The summed E-state index contributed by atoms with van der Waals surface area (Å²) >= 11 is 0. The maximum Gasteiger partial charge on any atom is 0.286 e. The normalized spacial score (nSPS) is 11.5. The summed E-state index contributed by atoms with van der Waals surface area (Å²) in [5, 5.41) is 0. The Balaban J connectivity index is 2.37. The first-order valence-electron chi connectivity index (χ1n) is 3.80. The maximum atomic E-state index is 10.2. The number of hydrogen-bond acceptors (Lipinski definition) is 4. The summed E-state index contributed by atoms with van der Waals surface area (Å²) < 4.78 is 32.5. The van der Waals surface area contributed by atoms with Gasteiger partial charge in [-0.1, -0.05) is 4.98 Å². The van der Waals surface area contributed by atoms with Crippen LogP contribution in [0.2, 0.25) is 0 Å². The fourth-order valence-corrected chi connectivity index (χ4v) is 1.40. The van der Waals surface area contributed by atoms with Gasteiger partial charge in [0.25, 0.3) is 6.33 Å². The zero-order chi connectivity index (χ0) is 9.73. The lowest BCUT2D eigenvalue weighted by atomic mass is 10.5. The highest BCUT2D eigenvalue weighted by Gasteiger charge is 1.99. The molecule has 1 aromatic heterocycles. The second-order valence-corrected chi connectivity index (χ2v) is 4.13. The topological polar surface area (TPSA) is 74.0 Å². The van der Waals surface area contributed by atoms with Crippen LogP contribution in [0, 0.1) is 0 Å². The Hall–Kier alpha value is -1.01. The standard InChI is InChI=1S/C7H10N2O3S/c10-13(11,12)6-2-5-9-4-1-3-8-7-9/h1,3-4,7H,2,5-6H2. The Morgan fingerprint density at radius 3 is 2.77 bits per heavy atom. The first-order valence-corrected chi connectivity index (χ1v) is 5.38. The number of hydrogen-bond donors (Lipinski definition) is 0. The molecule has 1 heterocycles. The molecule has 72 valence electrons. The summed E-state index contributed by atoms with van der Waals surface area (Å²) in [5.41, 5.74) is 0. The van der Waals surface area contributed by atoms with E-state index < -0.39 is 10.1 Å². The Kier molecular flexibility index (Phi) is 3.32. The third kappa shape index (κ3) is 4.54. The van der Waals surface area contributed by atoms with Gasteiger partial charge < -0.3 is 4.55 Å². The molecule has 5 nitrogen and oxygen atoms in total. The fourth-order valence-electron chi connectivity index (χ4n) is 0.918. The van der Waals surface area contributed by atoms with Crippen LogP contribution >= 0.6 is 0 Å². The van der Waals surface area contributed by atoms with E-state index in [1.54, 1.807) is 29.4 Å². The second kappa shape index (κ2) is 4.29. The highest BCUT2D eigenvalue weighted by molar-refractivity contribution is 7.85. The molecular weight excluding hydrogens is 192 g/mol. The molecule has 0 fully saturated rings. The number of aromatic nitrogens is 2. The highest BCUT2D eigenvalue weighted by Crippen LogP contribution is 1.87. The number of aryl methyl sites for hydroxylation is 1. The highest BCUT2D eigenvalue weighted by atomic mass is 32.2. The summed E-state index contributed by atoms with van der Waals surface area (Å²) in [6.45, 7) is 0.495. The van der Waals surface area contributed by atoms with Crippen molar-refractivity contribution in [3.8, 4) is 0 Å². The Morgan fingerprint density at radius 2 is 2.23 bits per heavy atom. The first kappa shape index (κ1) is 10.1. The van der Waals surface area contributed by atoms with E-state index in [-0.39, 0.29) is 5.75 Å². The van der Waals surface area contributed by atoms with Crippen LogP contribution in [0.25, 0.3) is 0 Å². The molecule has 1 aromatic rings. The van der Waals surface area contributed by atoms with Gasteiger partial charge in [-0.15, -0.1) is 0 Å². The van der Waals surface area contributed by atoms with Crippen LogP contribution < -0.4 is 4.57 Å². The van der Waals surface area contributed by atoms with Crippen LogP contribution in [-0.4, -0.2) is 23.7 Å². The van der Waals surface area contributed by atoms with Crippen LogP contribution in [0.4, 0.5) is 0 Å². The van der Waals surface area contributed by atoms with Gasteiger partial charge in [0.1, 0.15) is 6.20 Å². The molecule has 0 aromatic carbocycles. The van der Waals surface area contributed by atoms with E-state index in [0.717, 1.165) is 0 Å². The average molecular weight is 202 g/mol. The van der Waals surface area contributed by atoms with Crippen molar-refractivity contribution in [3.05, 3.63) is 24.8 Å². The molecule has 0 aliphatic heterocycles. The lowest BCUT2D eigenvalue weighted by Crippen LogP contribution is -2.34. The summed E-state index contributed by atoms with van der Waals surface area (Å²) in [4.78, 5) is 3.84. The molecule has 0 saturated carbocycles. The van der Waals surface area contributed by atoms with Crippen LogP contribution in [0.3, 0.4) is 0 Å². The molecule has 0 atom stereocenters. The Bertz CT molecular complexity index is 349. The molecule has 0 spiro atoms. The molecule has 0 bridgehead atoms. The largest absolute Gasteiger partial charge is 0.748 e. The Morgan fingerprint density at radius 1 is 1.46 bits per heavy atom. The van der Waals surface area contributed by atoms with Gasteiger partial charge in [-0.05, 0) is 6.42 Å². The van der Waals surface area contributed by atoms with Crippen molar-refractivity contribution in [2.45, 2.75) is 13.0 Å². The van der Waals surface area contributed by atoms with Crippen LogP contribution in [0.5, 0.6) is 0 Å². The van der Waals surface area contributed by atoms with E-state index in [0.29, 0.717) is 13.0 Å². The maximum absolute atomic E-state index is 10.2. The van der Waals surface area contributed by atoms with Crippen molar-refractivity contribution in [2.75, 3.05) is 5.75 Å². The third-order valence-electron chi connectivity index (χ3n) is 1.48. The van der Waals surface area contributed by atoms with E-state index in [1.807, 2.05) is 0 Å². The lowest BCUT2D eigenvalue weighted by Gasteiger charge is -2.04. The van der Waals surface area contributed by atoms with Gasteiger partial charge in [-0.2, -0.15) is 0 Å². The summed E-state index contributed by atoms with van der Waals surface area (Å²) in [7, 11) is -4.08. The molecule has 0 unspecified atom stereocenters. The predicted molar refractivity (Wildman–Crippen MR) is 43.6 cm³/mol. The molecular formula is C7H10N2O3S. The van der Waals surface area contributed by atoms with Gasteiger partial charge in [-0.3, -0.25) is 0 Å². The van der Waals surface area contributed by atoms with E-state index in [9.17, 15) is 13.0 Å². The Labute approximate surface area is 76.8 Å². The van der Waals surface area contributed by atoms with Crippen molar-refractivity contribution in [3.63, 3.8) is 0 Å². The van der Waals surface area contributed by atoms with Crippen LogP contribution in [-0.2, 0) is 16.7 Å². The minimum absolute atomic E-state index is 0.322. The van der Waals surface area contributed by atoms with Crippen LogP contribution in [0.1, 0.15) is 6.42 Å². The second-order valence-electron chi connectivity index (χ2n) is 2.61. The lowest BCUT2D eigenvalue weighted by molar-refractivity contribution is -0.699. The zero-order valence-electron chi connectivity index (χ0n) is 6.96. The average Bonchev–Trinajstić information content (AvgIpc) is 2.04. The molecule has 0 aliphatic rings. The molecule has 0 radical (unpaired) electrons. The molecule has 1 rings (SSSR count). The van der Waals surface area contributed by atoms with E-state index in [1.165, 1.54) is 0 Å². The van der Waals surface area contributed by atoms with Crippen molar-refractivity contribution in [1.82, 2.24) is 4.98 Å². The van der Waals surface area contributed by atoms with Gasteiger partial charge in [0.15, 0.2) is 0 Å². The SMILES string of the molecule is O=S(=O)([O-])CCC[n+]1cccnc1. The number of nitrogens with zero attached hydrogens (tertiary/aromatic N) is 2. The molecule has 0 N–H and O–H groups in total. The zero-order valence-corrected chi connectivity index (χ0v) is 7.77. The quantitative estimate of drug-likeness (QED) is 0.478. The van der Waals surface area contributed by atoms with Crippen molar-refractivity contribution >= 4 is 10.1 Å². The minimum Gasteiger partial charge on any atom is -0.748 e. The fraction of sp³-hybridized carbons (Fsp3) is 0.429. The molecule has 6 heteroatoms. The first-order chi connectivity index (χ1) is 6.08. The summed E-state index contributed by atoms with van der Waals surface area (Å²) in [6.07, 6.45) is 5.30. The molecule has 13 heavy (non-hydrogen) atoms. The third-order valence-corrected chi connectivity index (χ3v) is 2.26. The van der Waals surface area contributed by atoms with Crippen molar-refractivity contribution in [2.24, 2.45) is 0 Å².